The molecule has 142 valence electrons. The van der Waals surface area contributed by atoms with Crippen molar-refractivity contribution in [1.29, 1.82) is 0 Å². The molecule has 27 heavy (non-hydrogen) atoms. The van der Waals surface area contributed by atoms with E-state index >= 15 is 0 Å². The van der Waals surface area contributed by atoms with Crippen molar-refractivity contribution in [2.24, 2.45) is 5.92 Å². The Morgan fingerprint density at radius 1 is 1.07 bits per heavy atom. The number of aryl methyl sites for hydroxylation is 1. The van der Waals surface area contributed by atoms with Gasteiger partial charge in [0.25, 0.3) is 5.91 Å². The van der Waals surface area contributed by atoms with Crippen LogP contribution in [0.25, 0.3) is 11.1 Å². The Balaban J connectivity index is 1.74. The van der Waals surface area contributed by atoms with Crippen molar-refractivity contribution in [3.8, 4) is 11.1 Å². The van der Waals surface area contributed by atoms with Gasteiger partial charge in [0.15, 0.2) is 0 Å². The summed E-state index contributed by atoms with van der Waals surface area (Å²) in [5, 5.41) is 8.86. The zero-order valence-electron chi connectivity index (χ0n) is 15.0. The maximum atomic E-state index is 14.6. The number of piperidine rings is 1. The van der Waals surface area contributed by atoms with Crippen LogP contribution in [-0.4, -0.2) is 35.0 Å². The fraction of sp³-hybridized carbons (Fsp3) is 0.333. The van der Waals surface area contributed by atoms with E-state index in [2.05, 4.69) is 0 Å². The van der Waals surface area contributed by atoms with Crippen molar-refractivity contribution in [1.82, 2.24) is 4.90 Å². The molecule has 0 spiro atoms. The zero-order chi connectivity index (χ0) is 19.6. The highest BCUT2D eigenvalue weighted by Crippen LogP contribution is 2.28. The number of rotatable bonds is 4. The van der Waals surface area contributed by atoms with E-state index in [1.165, 1.54) is 24.3 Å². The average molecular weight is 373 g/mol. The van der Waals surface area contributed by atoms with Gasteiger partial charge >= 0.3 is 5.97 Å². The van der Waals surface area contributed by atoms with E-state index in [-0.39, 0.29) is 29.6 Å². The van der Waals surface area contributed by atoms with Gasteiger partial charge in [-0.1, -0.05) is 12.1 Å². The first kappa shape index (κ1) is 19.0. The molecule has 0 aromatic heterocycles. The summed E-state index contributed by atoms with van der Waals surface area (Å²) in [6.07, 6.45) is 1.38. The molecule has 0 aliphatic carbocycles. The SMILES string of the molecule is Cc1cc(F)ccc1-c1ccc(C(=O)N2CCC(CC(=O)O)CC2)cc1F. The lowest BCUT2D eigenvalue weighted by Crippen LogP contribution is -2.38. The third kappa shape index (κ3) is 4.32. The summed E-state index contributed by atoms with van der Waals surface area (Å²) >= 11 is 0. The van der Waals surface area contributed by atoms with E-state index in [1.54, 1.807) is 24.0 Å². The highest BCUT2D eigenvalue weighted by Gasteiger charge is 2.25. The van der Waals surface area contributed by atoms with Crippen LogP contribution in [0.15, 0.2) is 36.4 Å². The second kappa shape index (κ2) is 7.86. The summed E-state index contributed by atoms with van der Waals surface area (Å²) in [7, 11) is 0. The van der Waals surface area contributed by atoms with Gasteiger partial charge in [0.05, 0.1) is 0 Å². The summed E-state index contributed by atoms with van der Waals surface area (Å²) in [4.78, 5) is 25.1. The number of carboxylic acid groups (broad SMARTS) is 1. The molecule has 1 aliphatic heterocycles. The first-order valence-electron chi connectivity index (χ1n) is 8.92. The van der Waals surface area contributed by atoms with Crippen LogP contribution in [-0.2, 0) is 4.79 Å². The largest absolute Gasteiger partial charge is 0.481 e. The number of carbonyl (C=O) groups is 2. The molecule has 0 radical (unpaired) electrons. The van der Waals surface area contributed by atoms with Crippen LogP contribution in [0, 0.1) is 24.5 Å². The summed E-state index contributed by atoms with van der Waals surface area (Å²) in [5.74, 6) is -1.92. The van der Waals surface area contributed by atoms with Crippen molar-refractivity contribution >= 4 is 11.9 Å². The van der Waals surface area contributed by atoms with Crippen molar-refractivity contribution in [3.63, 3.8) is 0 Å². The Bertz CT molecular complexity index is 874. The van der Waals surface area contributed by atoms with Crippen molar-refractivity contribution < 1.29 is 23.5 Å². The Morgan fingerprint density at radius 3 is 2.33 bits per heavy atom. The van der Waals surface area contributed by atoms with Gasteiger partial charge in [-0.05, 0) is 61.1 Å². The van der Waals surface area contributed by atoms with E-state index in [0.29, 0.717) is 42.6 Å². The van der Waals surface area contributed by atoms with Crippen LogP contribution in [0.3, 0.4) is 0 Å². The van der Waals surface area contributed by atoms with Gasteiger partial charge in [-0.3, -0.25) is 9.59 Å². The Hall–Kier alpha value is -2.76. The molecule has 0 unspecified atom stereocenters. The first-order valence-corrected chi connectivity index (χ1v) is 8.92. The molecule has 4 nitrogen and oxygen atoms in total. The molecule has 2 aromatic rings. The molecule has 1 heterocycles. The van der Waals surface area contributed by atoms with E-state index < -0.39 is 11.8 Å². The van der Waals surface area contributed by atoms with Gasteiger partial charge in [-0.2, -0.15) is 0 Å². The molecule has 1 fully saturated rings. The number of benzene rings is 2. The number of nitrogens with zero attached hydrogens (tertiary/aromatic N) is 1. The molecule has 1 amide bonds. The molecule has 0 atom stereocenters. The maximum Gasteiger partial charge on any atom is 0.303 e. The molecule has 3 rings (SSSR count). The number of aliphatic carboxylic acids is 1. The summed E-state index contributed by atoms with van der Waals surface area (Å²) < 4.78 is 27.9. The third-order valence-electron chi connectivity index (χ3n) is 5.06. The smallest absolute Gasteiger partial charge is 0.303 e. The summed E-state index contributed by atoms with van der Waals surface area (Å²) in [5.41, 5.74) is 1.78. The molecule has 6 heteroatoms. The quantitative estimate of drug-likeness (QED) is 0.871. The number of hydrogen-bond acceptors (Lipinski definition) is 2. The predicted octanol–water partition coefficient (Wildman–Crippen LogP) is 4.27. The fourth-order valence-electron chi connectivity index (χ4n) is 3.57. The van der Waals surface area contributed by atoms with Crippen LogP contribution >= 0.6 is 0 Å². The number of carboxylic acids is 1. The van der Waals surface area contributed by atoms with E-state index in [0.717, 1.165) is 0 Å². The summed E-state index contributed by atoms with van der Waals surface area (Å²) in [6.45, 7) is 2.65. The normalized spacial score (nSPS) is 15.0. The number of carbonyl (C=O) groups excluding carboxylic acids is 1. The van der Waals surface area contributed by atoms with E-state index in [4.69, 9.17) is 5.11 Å². The van der Waals surface area contributed by atoms with Crippen LogP contribution < -0.4 is 0 Å². The first-order chi connectivity index (χ1) is 12.8. The van der Waals surface area contributed by atoms with Gasteiger partial charge in [0.2, 0.25) is 0 Å². The summed E-state index contributed by atoms with van der Waals surface area (Å²) in [6, 6.07) is 8.48. The molecular formula is C21H21F2NO3. The third-order valence-corrected chi connectivity index (χ3v) is 5.06. The minimum atomic E-state index is -0.825. The molecule has 1 N–H and O–H groups in total. The van der Waals surface area contributed by atoms with Gasteiger partial charge in [0.1, 0.15) is 11.6 Å². The van der Waals surface area contributed by atoms with Crippen molar-refractivity contribution in [3.05, 3.63) is 59.2 Å². The van der Waals surface area contributed by atoms with Crippen LogP contribution in [0.5, 0.6) is 0 Å². The van der Waals surface area contributed by atoms with Crippen LogP contribution in [0.1, 0.15) is 35.2 Å². The molecular weight excluding hydrogens is 352 g/mol. The number of likely N-dealkylation sites (tertiary alicyclic amines) is 1. The van der Waals surface area contributed by atoms with Gasteiger partial charge in [-0.15, -0.1) is 0 Å². The van der Waals surface area contributed by atoms with Crippen molar-refractivity contribution in [2.75, 3.05) is 13.1 Å². The fourth-order valence-corrected chi connectivity index (χ4v) is 3.57. The van der Waals surface area contributed by atoms with Crippen molar-refractivity contribution in [2.45, 2.75) is 26.2 Å². The number of hydrogen-bond donors (Lipinski definition) is 1. The molecule has 0 saturated carbocycles. The number of amides is 1. The molecule has 0 bridgehead atoms. The van der Waals surface area contributed by atoms with Gasteiger partial charge < -0.3 is 10.0 Å². The Kier molecular flexibility index (Phi) is 5.54. The maximum absolute atomic E-state index is 14.6. The molecule has 1 saturated heterocycles. The standard InChI is InChI=1S/C21H21F2NO3/c1-13-10-16(22)3-5-17(13)18-4-2-15(12-19(18)23)21(27)24-8-6-14(7-9-24)11-20(25)26/h2-5,10,12,14H,6-9,11H2,1H3,(H,25,26). The van der Waals surface area contributed by atoms with Crippen LogP contribution in [0.2, 0.25) is 0 Å². The topological polar surface area (TPSA) is 57.6 Å². The van der Waals surface area contributed by atoms with Crippen LogP contribution in [0.4, 0.5) is 8.78 Å². The molecule has 2 aromatic carbocycles. The minimum Gasteiger partial charge on any atom is -0.481 e. The second-order valence-electron chi connectivity index (χ2n) is 6.99. The number of halogens is 2. The Labute approximate surface area is 156 Å². The van der Waals surface area contributed by atoms with Gasteiger partial charge in [-0.25, -0.2) is 8.78 Å². The van der Waals surface area contributed by atoms with E-state index in [9.17, 15) is 18.4 Å². The van der Waals surface area contributed by atoms with E-state index in [1.807, 2.05) is 0 Å². The van der Waals surface area contributed by atoms with Gasteiger partial charge in [0, 0.05) is 30.6 Å². The monoisotopic (exact) mass is 373 g/mol. The zero-order valence-corrected chi connectivity index (χ0v) is 15.0. The minimum absolute atomic E-state index is 0.0760. The lowest BCUT2D eigenvalue weighted by atomic mass is 9.93. The average Bonchev–Trinajstić information content (AvgIpc) is 2.62. The predicted molar refractivity (Wildman–Crippen MR) is 97.4 cm³/mol. The highest BCUT2D eigenvalue weighted by atomic mass is 19.1. The lowest BCUT2D eigenvalue weighted by molar-refractivity contribution is -0.138. The highest BCUT2D eigenvalue weighted by molar-refractivity contribution is 5.95. The Morgan fingerprint density at radius 2 is 1.74 bits per heavy atom. The second-order valence-corrected chi connectivity index (χ2v) is 6.99. The molecule has 1 aliphatic rings. The lowest BCUT2D eigenvalue weighted by Gasteiger charge is -2.31.